The molecule has 26 heavy (non-hydrogen) atoms. The molecule has 0 radical (unpaired) electrons. The Morgan fingerprint density at radius 2 is 1.65 bits per heavy atom. The summed E-state index contributed by atoms with van der Waals surface area (Å²) in [6.07, 6.45) is 0.0644. The van der Waals surface area contributed by atoms with Gasteiger partial charge in [-0.15, -0.1) is 0 Å². The number of carbonyl (C=O) groups excluding carboxylic acids is 1. The van der Waals surface area contributed by atoms with Crippen LogP contribution in [0.5, 0.6) is 5.75 Å². The zero-order valence-electron chi connectivity index (χ0n) is 15.5. The van der Waals surface area contributed by atoms with Crippen LogP contribution in [0.4, 0.5) is 10.5 Å². The zero-order chi connectivity index (χ0) is 18.4. The maximum atomic E-state index is 12.6. The van der Waals surface area contributed by atoms with Crippen molar-refractivity contribution in [2.75, 3.05) is 31.5 Å². The number of urea groups is 1. The van der Waals surface area contributed by atoms with Gasteiger partial charge in [-0.3, -0.25) is 4.90 Å². The predicted octanol–water partition coefficient (Wildman–Crippen LogP) is 3.82. The van der Waals surface area contributed by atoms with E-state index in [4.69, 9.17) is 4.74 Å². The van der Waals surface area contributed by atoms with Crippen molar-refractivity contribution in [2.45, 2.75) is 26.5 Å². The van der Waals surface area contributed by atoms with Crippen molar-refractivity contribution in [2.24, 2.45) is 0 Å². The van der Waals surface area contributed by atoms with Gasteiger partial charge in [0.2, 0.25) is 0 Å². The van der Waals surface area contributed by atoms with E-state index in [2.05, 4.69) is 34.5 Å². The van der Waals surface area contributed by atoms with Crippen LogP contribution < -0.4 is 10.1 Å². The van der Waals surface area contributed by atoms with Crippen LogP contribution >= 0.6 is 0 Å². The lowest BCUT2D eigenvalue weighted by molar-refractivity contribution is 0.143. The lowest BCUT2D eigenvalue weighted by atomic mass is 10.2. The molecule has 0 aromatic heterocycles. The van der Waals surface area contributed by atoms with Gasteiger partial charge in [-0.1, -0.05) is 42.5 Å². The van der Waals surface area contributed by atoms with E-state index in [1.807, 2.05) is 49.1 Å². The van der Waals surface area contributed by atoms with Crippen LogP contribution in [0, 0.1) is 0 Å². The number of hydrogen-bond acceptors (Lipinski definition) is 3. The molecule has 1 N–H and O–H groups in total. The fraction of sp³-hybridized carbons (Fsp3) is 0.381. The van der Waals surface area contributed by atoms with E-state index >= 15 is 0 Å². The second kappa shape index (κ2) is 8.72. The Morgan fingerprint density at radius 3 is 2.35 bits per heavy atom. The number of nitrogens with zero attached hydrogens (tertiary/aromatic N) is 2. The summed E-state index contributed by atoms with van der Waals surface area (Å²) in [5.41, 5.74) is 2.03. The Balaban J connectivity index is 1.53. The molecule has 0 atom stereocenters. The average molecular weight is 353 g/mol. The van der Waals surface area contributed by atoms with Crippen LogP contribution in [0.1, 0.15) is 19.4 Å². The first kappa shape index (κ1) is 18.3. The molecule has 1 aliphatic heterocycles. The van der Waals surface area contributed by atoms with Crippen molar-refractivity contribution in [3.8, 4) is 5.75 Å². The second-order valence-electron chi connectivity index (χ2n) is 6.84. The molecule has 5 nitrogen and oxygen atoms in total. The summed E-state index contributed by atoms with van der Waals surface area (Å²) < 4.78 is 5.78. The maximum absolute atomic E-state index is 12.6. The van der Waals surface area contributed by atoms with Crippen LogP contribution in [0.25, 0.3) is 0 Å². The normalized spacial score (nSPS) is 15.1. The van der Waals surface area contributed by atoms with Gasteiger partial charge >= 0.3 is 6.03 Å². The van der Waals surface area contributed by atoms with Crippen LogP contribution in [-0.2, 0) is 6.54 Å². The van der Waals surface area contributed by atoms with Gasteiger partial charge in [0.05, 0.1) is 11.8 Å². The molecule has 0 saturated carbocycles. The molecule has 5 heteroatoms. The molecule has 0 aliphatic carbocycles. The molecule has 2 amide bonds. The molecule has 3 rings (SSSR count). The number of piperazine rings is 1. The number of hydrogen-bond donors (Lipinski definition) is 1. The largest absolute Gasteiger partial charge is 0.489 e. The van der Waals surface area contributed by atoms with Crippen molar-refractivity contribution in [3.63, 3.8) is 0 Å². The molecule has 0 bridgehead atoms. The van der Waals surface area contributed by atoms with Gasteiger partial charge in [-0.05, 0) is 31.5 Å². The van der Waals surface area contributed by atoms with Crippen molar-refractivity contribution in [1.29, 1.82) is 0 Å². The summed E-state index contributed by atoms with van der Waals surface area (Å²) in [5, 5.41) is 2.99. The van der Waals surface area contributed by atoms with E-state index < -0.39 is 0 Å². The third kappa shape index (κ3) is 4.99. The SMILES string of the molecule is CC(C)Oc1ccccc1NC(=O)N1CCN(Cc2ccccc2)CC1. The van der Waals surface area contributed by atoms with Crippen molar-refractivity contribution in [1.82, 2.24) is 9.80 Å². The second-order valence-corrected chi connectivity index (χ2v) is 6.84. The summed E-state index contributed by atoms with van der Waals surface area (Å²) in [5.74, 6) is 0.707. The lowest BCUT2D eigenvalue weighted by Crippen LogP contribution is -2.49. The van der Waals surface area contributed by atoms with Gasteiger partial charge in [-0.2, -0.15) is 0 Å². The number of benzene rings is 2. The molecule has 138 valence electrons. The molecule has 1 heterocycles. The summed E-state index contributed by atoms with van der Waals surface area (Å²) in [7, 11) is 0. The third-order valence-electron chi connectivity index (χ3n) is 4.40. The molecular formula is C21H27N3O2. The topological polar surface area (TPSA) is 44.8 Å². The maximum Gasteiger partial charge on any atom is 0.322 e. The number of anilines is 1. The van der Waals surface area contributed by atoms with Crippen LogP contribution in [0.2, 0.25) is 0 Å². The Bertz CT molecular complexity index is 710. The first-order valence-corrected chi connectivity index (χ1v) is 9.19. The first-order chi connectivity index (χ1) is 12.6. The predicted molar refractivity (Wildman–Crippen MR) is 105 cm³/mol. The molecule has 1 saturated heterocycles. The van der Waals surface area contributed by atoms with Gasteiger partial charge in [0.25, 0.3) is 0 Å². The number of ether oxygens (including phenoxy) is 1. The molecule has 1 fully saturated rings. The minimum absolute atomic E-state index is 0.0644. The highest BCUT2D eigenvalue weighted by Crippen LogP contribution is 2.25. The molecular weight excluding hydrogens is 326 g/mol. The highest BCUT2D eigenvalue weighted by Gasteiger charge is 2.22. The van der Waals surface area contributed by atoms with Crippen molar-refractivity contribution >= 4 is 11.7 Å². The Morgan fingerprint density at radius 1 is 1.00 bits per heavy atom. The number of rotatable bonds is 5. The van der Waals surface area contributed by atoms with Crippen molar-refractivity contribution in [3.05, 3.63) is 60.2 Å². The summed E-state index contributed by atoms with van der Waals surface area (Å²) in [6, 6.07) is 18.0. The van der Waals surface area contributed by atoms with Gasteiger partial charge < -0.3 is 15.0 Å². The Kier molecular flexibility index (Phi) is 6.12. The monoisotopic (exact) mass is 353 g/mol. The highest BCUT2D eigenvalue weighted by atomic mass is 16.5. The third-order valence-corrected chi connectivity index (χ3v) is 4.40. The molecule has 1 aliphatic rings. The fourth-order valence-corrected chi connectivity index (χ4v) is 3.07. The summed E-state index contributed by atoms with van der Waals surface area (Å²) >= 11 is 0. The summed E-state index contributed by atoms with van der Waals surface area (Å²) in [6.45, 7) is 8.10. The molecule has 2 aromatic carbocycles. The minimum Gasteiger partial charge on any atom is -0.489 e. The van der Waals surface area contributed by atoms with Gasteiger partial charge in [0.1, 0.15) is 5.75 Å². The lowest BCUT2D eigenvalue weighted by Gasteiger charge is -2.34. The Hall–Kier alpha value is -2.53. The molecule has 2 aromatic rings. The van der Waals surface area contributed by atoms with E-state index in [9.17, 15) is 4.79 Å². The van der Waals surface area contributed by atoms with Crippen LogP contribution in [-0.4, -0.2) is 48.1 Å². The summed E-state index contributed by atoms with van der Waals surface area (Å²) in [4.78, 5) is 16.9. The molecule has 0 spiro atoms. The minimum atomic E-state index is -0.0656. The Labute approximate surface area is 155 Å². The number of nitrogens with one attached hydrogen (secondary N) is 1. The van der Waals surface area contributed by atoms with Gasteiger partial charge in [0.15, 0.2) is 0 Å². The zero-order valence-corrected chi connectivity index (χ0v) is 15.5. The number of carbonyl (C=O) groups is 1. The van der Waals surface area contributed by atoms with Crippen LogP contribution in [0.3, 0.4) is 0 Å². The quantitative estimate of drug-likeness (QED) is 0.889. The van der Waals surface area contributed by atoms with Gasteiger partial charge in [-0.25, -0.2) is 4.79 Å². The van der Waals surface area contributed by atoms with Gasteiger partial charge in [0, 0.05) is 32.7 Å². The van der Waals surface area contributed by atoms with Crippen molar-refractivity contribution < 1.29 is 9.53 Å². The number of para-hydroxylation sites is 2. The molecule has 0 unspecified atom stereocenters. The smallest absolute Gasteiger partial charge is 0.322 e. The van der Waals surface area contributed by atoms with Crippen LogP contribution in [0.15, 0.2) is 54.6 Å². The van der Waals surface area contributed by atoms with E-state index in [1.165, 1.54) is 5.56 Å². The van der Waals surface area contributed by atoms with E-state index in [1.54, 1.807) is 0 Å². The first-order valence-electron chi connectivity index (χ1n) is 9.19. The highest BCUT2D eigenvalue weighted by molar-refractivity contribution is 5.91. The number of amides is 2. The van der Waals surface area contributed by atoms with E-state index in [0.717, 1.165) is 38.4 Å². The van der Waals surface area contributed by atoms with E-state index in [0.29, 0.717) is 5.75 Å². The standard InChI is InChI=1S/C21H27N3O2/c1-17(2)26-20-11-7-6-10-19(20)22-21(25)24-14-12-23(13-15-24)16-18-8-4-3-5-9-18/h3-11,17H,12-16H2,1-2H3,(H,22,25). The fourth-order valence-electron chi connectivity index (χ4n) is 3.07. The average Bonchev–Trinajstić information content (AvgIpc) is 2.64. The van der Waals surface area contributed by atoms with E-state index in [-0.39, 0.29) is 12.1 Å².